The smallest absolute Gasteiger partial charge is 0.217 e. The maximum Gasteiger partial charge on any atom is 0.217 e. The van der Waals surface area contributed by atoms with Crippen LogP contribution in [0.1, 0.15) is 13.3 Å². The summed E-state index contributed by atoms with van der Waals surface area (Å²) in [5.41, 5.74) is 4.65. The van der Waals surface area contributed by atoms with E-state index >= 15 is 0 Å². The molecule has 0 rings (SSSR count). The third kappa shape index (κ3) is 23.6. The van der Waals surface area contributed by atoms with Crippen molar-refractivity contribution in [2.45, 2.75) is 13.3 Å². The molecule has 0 aromatic carbocycles. The Balaban J connectivity index is -0.0000000800. The molecule has 0 fully saturated rings. The fourth-order valence-electron chi connectivity index (χ4n) is 0. The van der Waals surface area contributed by atoms with Gasteiger partial charge < -0.3 is 5.73 Å². The van der Waals surface area contributed by atoms with E-state index in [1.54, 1.807) is 6.92 Å². The molecule has 0 saturated heterocycles. The van der Waals surface area contributed by atoms with Crippen molar-refractivity contribution in [2.75, 3.05) is 0 Å². The zero-order chi connectivity index (χ0) is 4.28. The highest BCUT2D eigenvalue weighted by molar-refractivity contribution is 5.85. The summed E-state index contributed by atoms with van der Waals surface area (Å²) in [5.74, 6) is -0.245. The van der Waals surface area contributed by atoms with Crippen LogP contribution in [-0.4, -0.2) is 5.91 Å². The van der Waals surface area contributed by atoms with Crippen LogP contribution < -0.4 is 5.73 Å². The average molecular weight is 146 g/mol. The van der Waals surface area contributed by atoms with Gasteiger partial charge >= 0.3 is 0 Å². The Labute approximate surface area is 55.3 Å². The predicted molar refractivity (Wildman–Crippen MR) is 34.0 cm³/mol. The maximum atomic E-state index is 9.59. The molecule has 0 spiro atoms. The van der Waals surface area contributed by atoms with Crippen LogP contribution in [0.3, 0.4) is 0 Å². The topological polar surface area (TPSA) is 43.1 Å². The Morgan fingerprint density at radius 1 is 1.57 bits per heavy atom. The second-order valence-electron chi connectivity index (χ2n) is 0.820. The monoisotopic (exact) mass is 145 g/mol. The first kappa shape index (κ1) is 15.7. The molecule has 0 aromatic rings. The molecule has 2 nitrogen and oxygen atoms in total. The van der Waals surface area contributed by atoms with Crippen LogP contribution in [0, 0.1) is 0 Å². The Morgan fingerprint density at radius 2 is 1.71 bits per heavy atom. The molecule has 0 aliphatic heterocycles. The van der Waals surface area contributed by atoms with Gasteiger partial charge in [0, 0.05) is 6.42 Å². The predicted octanol–water partition coefficient (Wildman–Crippen LogP) is 0.725. The van der Waals surface area contributed by atoms with E-state index in [1.807, 2.05) is 0 Å². The van der Waals surface area contributed by atoms with Gasteiger partial charge in [0.15, 0.2) is 0 Å². The molecule has 0 unspecified atom stereocenters. The molecule has 0 aliphatic carbocycles. The minimum Gasteiger partial charge on any atom is -0.370 e. The number of rotatable bonds is 1. The van der Waals surface area contributed by atoms with Crippen molar-refractivity contribution < 1.29 is 4.79 Å². The lowest BCUT2D eigenvalue weighted by molar-refractivity contribution is -0.117. The van der Waals surface area contributed by atoms with Gasteiger partial charge in [-0.15, -0.1) is 24.8 Å². The van der Waals surface area contributed by atoms with Crippen molar-refractivity contribution in [3.63, 3.8) is 0 Å². The summed E-state index contributed by atoms with van der Waals surface area (Å²) in [4.78, 5) is 9.59. The Hall–Kier alpha value is 0.0500. The lowest BCUT2D eigenvalue weighted by atomic mass is 10.5. The lowest BCUT2D eigenvalue weighted by Crippen LogP contribution is -2.06. The molecule has 0 aliphatic rings. The van der Waals surface area contributed by atoms with Gasteiger partial charge in [-0.25, -0.2) is 0 Å². The first-order chi connectivity index (χ1) is 2.27. The van der Waals surface area contributed by atoms with Gasteiger partial charge in [0.05, 0.1) is 0 Å². The molecule has 46 valence electrons. The lowest BCUT2D eigenvalue weighted by Gasteiger charge is -1.73. The first-order valence-corrected chi connectivity index (χ1v) is 1.55. The standard InChI is InChI=1S/C3H7NO.2ClH/c1-2-3(4)5;;/h2H2,1H3,(H2,4,5);2*1H. The van der Waals surface area contributed by atoms with Gasteiger partial charge in [-0.1, -0.05) is 6.92 Å². The zero-order valence-electron chi connectivity index (χ0n) is 4.01. The molecule has 0 heterocycles. The van der Waals surface area contributed by atoms with Gasteiger partial charge in [-0.3, -0.25) is 4.79 Å². The molecule has 1 amide bonds. The van der Waals surface area contributed by atoms with E-state index in [2.05, 4.69) is 5.73 Å². The van der Waals surface area contributed by atoms with Crippen molar-refractivity contribution in [2.24, 2.45) is 5.73 Å². The number of amides is 1. The number of halogens is 2. The van der Waals surface area contributed by atoms with E-state index in [1.165, 1.54) is 0 Å². The third-order valence-corrected chi connectivity index (χ3v) is 0.348. The van der Waals surface area contributed by atoms with Gasteiger partial charge in [0.2, 0.25) is 5.91 Å². The van der Waals surface area contributed by atoms with Gasteiger partial charge in [0.1, 0.15) is 0 Å². The normalized spacial score (nSPS) is 5.29. The fraction of sp³-hybridized carbons (Fsp3) is 0.667. The van der Waals surface area contributed by atoms with Gasteiger partial charge in [-0.2, -0.15) is 0 Å². The highest BCUT2D eigenvalue weighted by Crippen LogP contribution is 1.63. The molecule has 7 heavy (non-hydrogen) atoms. The van der Waals surface area contributed by atoms with Crippen molar-refractivity contribution >= 4 is 30.7 Å². The third-order valence-electron chi connectivity index (χ3n) is 0.348. The molecule has 0 aromatic heterocycles. The van der Waals surface area contributed by atoms with Crippen LogP contribution in [-0.2, 0) is 4.79 Å². The van der Waals surface area contributed by atoms with Crippen LogP contribution >= 0.6 is 24.8 Å². The summed E-state index contributed by atoms with van der Waals surface area (Å²) in [6.45, 7) is 1.72. The van der Waals surface area contributed by atoms with Crippen LogP contribution in [0.2, 0.25) is 0 Å². The summed E-state index contributed by atoms with van der Waals surface area (Å²) >= 11 is 0. The molecule has 0 saturated carbocycles. The number of hydrogen-bond donors (Lipinski definition) is 1. The molecule has 0 radical (unpaired) electrons. The molecular formula is C3H9Cl2NO. The molecule has 0 atom stereocenters. The highest BCUT2D eigenvalue weighted by atomic mass is 35.5. The first-order valence-electron chi connectivity index (χ1n) is 1.55. The second kappa shape index (κ2) is 9.41. The zero-order valence-corrected chi connectivity index (χ0v) is 5.64. The highest BCUT2D eigenvalue weighted by Gasteiger charge is 1.77. The van der Waals surface area contributed by atoms with E-state index in [-0.39, 0.29) is 30.7 Å². The minimum absolute atomic E-state index is 0. The number of hydrogen-bond acceptors (Lipinski definition) is 1. The Kier molecular flexibility index (Phi) is 21.1. The Bertz CT molecular complexity index is 48.2. The van der Waals surface area contributed by atoms with E-state index in [4.69, 9.17) is 0 Å². The number of carbonyl (C=O) groups excluding carboxylic acids is 1. The average Bonchev–Trinajstić information content (AvgIpc) is 1.38. The summed E-state index contributed by atoms with van der Waals surface area (Å²) in [7, 11) is 0. The quantitative estimate of drug-likeness (QED) is 0.582. The second-order valence-corrected chi connectivity index (χ2v) is 0.820. The van der Waals surface area contributed by atoms with Crippen LogP contribution in [0.25, 0.3) is 0 Å². The molecule has 2 N–H and O–H groups in total. The fourth-order valence-corrected chi connectivity index (χ4v) is 0. The Morgan fingerprint density at radius 3 is 1.71 bits per heavy atom. The van der Waals surface area contributed by atoms with Gasteiger partial charge in [-0.05, 0) is 0 Å². The molecular weight excluding hydrogens is 137 g/mol. The van der Waals surface area contributed by atoms with Crippen molar-refractivity contribution in [1.82, 2.24) is 0 Å². The van der Waals surface area contributed by atoms with Crippen molar-refractivity contribution in [3.05, 3.63) is 0 Å². The molecule has 0 bridgehead atoms. The van der Waals surface area contributed by atoms with Crippen LogP contribution in [0.5, 0.6) is 0 Å². The van der Waals surface area contributed by atoms with Crippen molar-refractivity contribution in [1.29, 1.82) is 0 Å². The minimum atomic E-state index is -0.245. The summed E-state index contributed by atoms with van der Waals surface area (Å²) < 4.78 is 0. The van der Waals surface area contributed by atoms with E-state index in [0.29, 0.717) is 6.42 Å². The number of nitrogens with two attached hydrogens (primary N) is 1. The van der Waals surface area contributed by atoms with Crippen LogP contribution in [0.15, 0.2) is 0 Å². The van der Waals surface area contributed by atoms with Crippen molar-refractivity contribution in [3.8, 4) is 0 Å². The van der Waals surface area contributed by atoms with Gasteiger partial charge in [0.25, 0.3) is 0 Å². The maximum absolute atomic E-state index is 9.59. The SMILES string of the molecule is CCC(N)=O.Cl.Cl. The largest absolute Gasteiger partial charge is 0.370 e. The van der Waals surface area contributed by atoms with E-state index < -0.39 is 0 Å². The van der Waals surface area contributed by atoms with Crippen LogP contribution in [0.4, 0.5) is 0 Å². The van der Waals surface area contributed by atoms with E-state index in [9.17, 15) is 4.79 Å². The number of carbonyl (C=O) groups is 1. The van der Waals surface area contributed by atoms with E-state index in [0.717, 1.165) is 0 Å². The summed E-state index contributed by atoms with van der Waals surface area (Å²) in [6, 6.07) is 0. The summed E-state index contributed by atoms with van der Waals surface area (Å²) in [6.07, 6.45) is 0.444. The molecule has 4 heteroatoms. The summed E-state index contributed by atoms with van der Waals surface area (Å²) in [5, 5.41) is 0. The number of primary amides is 1.